The third-order valence-corrected chi connectivity index (χ3v) is 10.0. The second-order valence-corrected chi connectivity index (χ2v) is 12.7. The molecule has 0 aromatic carbocycles. The van der Waals surface area contributed by atoms with E-state index in [2.05, 4.69) is 28.8 Å². The van der Waals surface area contributed by atoms with Crippen molar-refractivity contribution in [2.24, 2.45) is 22.7 Å². The Balaban J connectivity index is 1.43. The second kappa shape index (κ2) is 12.3. The van der Waals surface area contributed by atoms with Crippen molar-refractivity contribution in [2.45, 2.75) is 58.2 Å². The molecule has 4 aliphatic rings. The van der Waals surface area contributed by atoms with Gasteiger partial charge in [-0.05, 0) is 49.7 Å². The number of esters is 1. The number of hydrogen-bond acceptors (Lipinski definition) is 10. The largest absolute Gasteiger partial charge is 0.423 e. The first-order valence-electron chi connectivity index (χ1n) is 15.0. The number of anilines is 1. The van der Waals surface area contributed by atoms with Crippen LogP contribution < -0.4 is 11.1 Å². The number of amides is 1. The Kier molecular flexibility index (Phi) is 8.89. The molecule has 11 nitrogen and oxygen atoms in total. The van der Waals surface area contributed by atoms with E-state index in [0.29, 0.717) is 56.0 Å². The van der Waals surface area contributed by atoms with Gasteiger partial charge in [0.05, 0.1) is 37.5 Å². The van der Waals surface area contributed by atoms with Crippen LogP contribution in [0, 0.1) is 22.7 Å². The van der Waals surface area contributed by atoms with Gasteiger partial charge in [0.2, 0.25) is 11.9 Å². The number of allylic oxidation sites excluding steroid dienone is 2. The number of nitrogens with one attached hydrogen (secondary N) is 1. The highest BCUT2D eigenvalue weighted by molar-refractivity contribution is 5.96. The molecule has 1 aromatic rings. The fourth-order valence-electron chi connectivity index (χ4n) is 7.42. The van der Waals surface area contributed by atoms with Crippen LogP contribution in [-0.2, 0) is 19.1 Å². The lowest BCUT2D eigenvalue weighted by molar-refractivity contribution is -0.150. The molecule has 1 amide bonds. The number of nitrogens with zero attached hydrogens (tertiary/aromatic N) is 3. The van der Waals surface area contributed by atoms with Crippen molar-refractivity contribution < 1.29 is 29.3 Å². The van der Waals surface area contributed by atoms with Gasteiger partial charge in [0.1, 0.15) is 5.76 Å². The number of cyclic esters (lactones) is 1. The number of rotatable bonds is 7. The minimum absolute atomic E-state index is 0.00908. The average molecular weight is 594 g/mol. The number of carbonyl (C=O) groups excluding carboxylic acids is 2. The van der Waals surface area contributed by atoms with Crippen molar-refractivity contribution in [3.8, 4) is 0 Å². The van der Waals surface area contributed by atoms with Gasteiger partial charge in [-0.3, -0.25) is 10.1 Å². The maximum atomic E-state index is 13.3. The second-order valence-electron chi connectivity index (χ2n) is 12.7. The fraction of sp³-hybridized carbons (Fsp3) is 0.562. The Morgan fingerprint density at radius 2 is 2.00 bits per heavy atom. The number of aliphatic hydroxyl groups excluding tert-OH is 2. The normalized spacial score (nSPS) is 34.7. The first-order valence-corrected chi connectivity index (χ1v) is 15.0. The van der Waals surface area contributed by atoms with Crippen LogP contribution in [0.1, 0.15) is 45.6 Å². The predicted octanol–water partition coefficient (Wildman–Crippen LogP) is 2.00. The SMILES string of the molecule is C=C1C(NC(C)C(=O)N2CCOCC2)CC2[C@](C)(CC[C@@H](O)[C@@]2(C)CO)C1C=CC1=CC(=Cc2cnc(N)nc2)OC1=O. The molecule has 2 saturated carbocycles. The van der Waals surface area contributed by atoms with Crippen LogP contribution in [0.2, 0.25) is 0 Å². The lowest BCUT2D eigenvalue weighted by Crippen LogP contribution is -2.62. The van der Waals surface area contributed by atoms with Gasteiger partial charge in [-0.2, -0.15) is 0 Å². The van der Waals surface area contributed by atoms with E-state index in [1.165, 1.54) is 0 Å². The summed E-state index contributed by atoms with van der Waals surface area (Å²) in [5.41, 5.74) is 6.43. The lowest BCUT2D eigenvalue weighted by Gasteiger charge is -2.61. The zero-order valence-corrected chi connectivity index (χ0v) is 25.2. The molecule has 0 bridgehead atoms. The van der Waals surface area contributed by atoms with E-state index < -0.39 is 23.5 Å². The summed E-state index contributed by atoms with van der Waals surface area (Å²) in [7, 11) is 0. The summed E-state index contributed by atoms with van der Waals surface area (Å²) in [6.07, 6.45) is 11.4. The van der Waals surface area contributed by atoms with Gasteiger partial charge in [0.15, 0.2) is 0 Å². The number of aromatic nitrogens is 2. The molecule has 1 aromatic heterocycles. The minimum Gasteiger partial charge on any atom is -0.423 e. The van der Waals surface area contributed by atoms with E-state index in [-0.39, 0.29) is 41.8 Å². The highest BCUT2D eigenvalue weighted by atomic mass is 16.5. The van der Waals surface area contributed by atoms with Crippen molar-refractivity contribution >= 4 is 23.9 Å². The molecule has 0 spiro atoms. The standard InChI is InChI=1S/C32H43N5O6/c1-19-24(6-5-22-14-23(43-29(22)41)13-21-16-34-30(33)35-17-21)31(3)8-7-27(39)32(4,18-38)26(31)15-25(19)36-20(2)28(40)37-9-11-42-12-10-37/h5-6,13-14,16-17,20,24-27,36,38-39H,1,7-12,15,18H2,2-4H3,(H2,33,34,35)/t20?,24?,25?,26?,27-,31-,32+/m1/s1. The van der Waals surface area contributed by atoms with Crippen molar-refractivity contribution in [3.63, 3.8) is 0 Å². The highest BCUT2D eigenvalue weighted by Crippen LogP contribution is 2.61. The molecule has 1 saturated heterocycles. The zero-order chi connectivity index (χ0) is 30.9. The van der Waals surface area contributed by atoms with Crippen LogP contribution in [-0.4, -0.2) is 88.1 Å². The molecule has 0 radical (unpaired) electrons. The van der Waals surface area contributed by atoms with E-state index in [1.54, 1.807) is 30.6 Å². The van der Waals surface area contributed by atoms with Gasteiger partial charge < -0.3 is 30.3 Å². The van der Waals surface area contributed by atoms with Gasteiger partial charge in [0.25, 0.3) is 0 Å². The summed E-state index contributed by atoms with van der Waals surface area (Å²) in [6.45, 7) is 12.5. The molecule has 11 heteroatoms. The summed E-state index contributed by atoms with van der Waals surface area (Å²) < 4.78 is 10.9. The number of nitrogen functional groups attached to an aromatic ring is 1. The molecule has 43 heavy (non-hydrogen) atoms. The quantitative estimate of drug-likeness (QED) is 0.272. The van der Waals surface area contributed by atoms with Gasteiger partial charge in [0, 0.05) is 48.4 Å². The lowest BCUT2D eigenvalue weighted by atomic mass is 9.45. The molecule has 7 atom stereocenters. The summed E-state index contributed by atoms with van der Waals surface area (Å²) in [5.74, 6) is -0.212. The third-order valence-electron chi connectivity index (χ3n) is 10.0. The molecule has 2 aliphatic carbocycles. The van der Waals surface area contributed by atoms with Crippen molar-refractivity contribution in [2.75, 3.05) is 38.6 Å². The van der Waals surface area contributed by atoms with Crippen LogP contribution in [0.4, 0.5) is 5.95 Å². The van der Waals surface area contributed by atoms with Gasteiger partial charge >= 0.3 is 5.97 Å². The Hall–Kier alpha value is -3.38. The Morgan fingerprint density at radius 3 is 2.67 bits per heavy atom. The van der Waals surface area contributed by atoms with Crippen molar-refractivity contribution in [3.05, 3.63) is 59.7 Å². The molecule has 3 fully saturated rings. The van der Waals surface area contributed by atoms with Crippen LogP contribution >= 0.6 is 0 Å². The topological polar surface area (TPSA) is 160 Å². The first kappa shape index (κ1) is 31.1. The van der Waals surface area contributed by atoms with E-state index in [4.69, 9.17) is 15.2 Å². The van der Waals surface area contributed by atoms with E-state index in [9.17, 15) is 19.8 Å². The Labute approximate surface area is 252 Å². The molecule has 4 unspecified atom stereocenters. The number of morpholine rings is 1. The number of hydrogen-bond donors (Lipinski definition) is 4. The molecular weight excluding hydrogens is 550 g/mol. The first-order chi connectivity index (χ1) is 20.5. The number of fused-ring (bicyclic) bond motifs is 1. The fourth-order valence-corrected chi connectivity index (χ4v) is 7.42. The molecule has 5 N–H and O–H groups in total. The summed E-state index contributed by atoms with van der Waals surface area (Å²) >= 11 is 0. The molecule has 3 heterocycles. The maximum Gasteiger partial charge on any atom is 0.343 e. The van der Waals surface area contributed by atoms with E-state index >= 15 is 0 Å². The number of aliphatic hydroxyl groups is 2. The predicted molar refractivity (Wildman–Crippen MR) is 161 cm³/mol. The van der Waals surface area contributed by atoms with Crippen molar-refractivity contribution in [1.29, 1.82) is 0 Å². The van der Waals surface area contributed by atoms with Crippen LogP contribution in [0.3, 0.4) is 0 Å². The zero-order valence-electron chi connectivity index (χ0n) is 25.2. The molecular formula is C32H43N5O6. The Morgan fingerprint density at radius 1 is 1.30 bits per heavy atom. The van der Waals surface area contributed by atoms with E-state index in [1.807, 2.05) is 24.8 Å². The van der Waals surface area contributed by atoms with Crippen molar-refractivity contribution in [1.82, 2.24) is 20.2 Å². The van der Waals surface area contributed by atoms with Crippen LogP contribution in [0.5, 0.6) is 0 Å². The third kappa shape index (κ3) is 6.04. The molecule has 232 valence electrons. The smallest absolute Gasteiger partial charge is 0.343 e. The maximum absolute atomic E-state index is 13.3. The average Bonchev–Trinajstić information content (AvgIpc) is 3.35. The summed E-state index contributed by atoms with van der Waals surface area (Å²) in [6, 6.07) is -0.699. The Bertz CT molecular complexity index is 1340. The minimum atomic E-state index is -0.736. The molecule has 5 rings (SSSR count). The van der Waals surface area contributed by atoms with Gasteiger partial charge in [-0.15, -0.1) is 0 Å². The monoisotopic (exact) mass is 593 g/mol. The van der Waals surface area contributed by atoms with Crippen LogP contribution in [0.15, 0.2) is 54.1 Å². The van der Waals surface area contributed by atoms with Gasteiger partial charge in [-0.25, -0.2) is 14.8 Å². The number of carbonyl (C=O) groups is 2. The highest BCUT2D eigenvalue weighted by Gasteiger charge is 2.59. The summed E-state index contributed by atoms with van der Waals surface area (Å²) in [4.78, 5) is 35.8. The number of nitrogens with two attached hydrogens (primary N) is 1. The van der Waals surface area contributed by atoms with Crippen LogP contribution in [0.25, 0.3) is 6.08 Å². The summed E-state index contributed by atoms with van der Waals surface area (Å²) in [5, 5.41) is 25.2. The molecule has 2 aliphatic heterocycles. The van der Waals surface area contributed by atoms with E-state index in [0.717, 1.165) is 12.0 Å². The number of ether oxygens (including phenoxy) is 2. The van der Waals surface area contributed by atoms with Gasteiger partial charge in [-0.1, -0.05) is 38.2 Å².